The summed E-state index contributed by atoms with van der Waals surface area (Å²) < 4.78 is 44.8. The molecule has 1 heterocycles. The third-order valence-corrected chi connectivity index (χ3v) is 6.39. The Kier molecular flexibility index (Phi) is 6.52. The summed E-state index contributed by atoms with van der Waals surface area (Å²) >= 11 is 0.738. The van der Waals surface area contributed by atoms with Crippen molar-refractivity contribution in [3.8, 4) is 5.75 Å². The summed E-state index contributed by atoms with van der Waals surface area (Å²) in [6.07, 6.45) is 0. The number of sulfonamides is 1. The summed E-state index contributed by atoms with van der Waals surface area (Å²) in [5, 5.41) is 9.95. The summed E-state index contributed by atoms with van der Waals surface area (Å²) in [5.41, 5.74) is 1.24. The second-order valence-corrected chi connectivity index (χ2v) is 8.76. The molecule has 11 heteroatoms. The lowest BCUT2D eigenvalue weighted by Crippen LogP contribution is -2.28. The molecule has 0 unspecified atom stereocenters. The Morgan fingerprint density at radius 1 is 1.14 bits per heavy atom. The largest absolute Gasteiger partial charge is 0.492 e. The highest BCUT2D eigenvalue weighted by molar-refractivity contribution is 7.91. The summed E-state index contributed by atoms with van der Waals surface area (Å²) in [4.78, 5) is 12.3. The van der Waals surface area contributed by atoms with E-state index in [1.807, 2.05) is 6.07 Å². The van der Waals surface area contributed by atoms with Crippen molar-refractivity contribution >= 4 is 32.4 Å². The minimum atomic E-state index is -3.91. The molecule has 152 valence electrons. The number of anilines is 1. The number of nitrogens with zero attached hydrogens (tertiary/aromatic N) is 2. The Morgan fingerprint density at radius 3 is 2.59 bits per heavy atom. The van der Waals surface area contributed by atoms with Crippen LogP contribution in [0.3, 0.4) is 0 Å². The van der Waals surface area contributed by atoms with Crippen LogP contribution < -0.4 is 14.8 Å². The number of amides is 1. The lowest BCUT2D eigenvalue weighted by molar-refractivity contribution is 0.102. The first kappa shape index (κ1) is 20.8. The molecule has 0 fully saturated rings. The highest BCUT2D eigenvalue weighted by Crippen LogP contribution is 2.21. The number of carbonyl (C=O) groups is 1. The molecule has 0 saturated heterocycles. The molecular formula is C18H17FN4O4S2. The maximum absolute atomic E-state index is 12.8. The Labute approximate surface area is 170 Å². The molecule has 0 spiro atoms. The van der Waals surface area contributed by atoms with Crippen LogP contribution in [0, 0.1) is 12.7 Å². The zero-order valence-corrected chi connectivity index (χ0v) is 16.9. The number of hydrogen-bond acceptors (Lipinski definition) is 7. The van der Waals surface area contributed by atoms with E-state index in [1.165, 1.54) is 24.3 Å². The van der Waals surface area contributed by atoms with Crippen LogP contribution in [-0.4, -0.2) is 37.7 Å². The second kappa shape index (κ2) is 9.07. The number of carbonyl (C=O) groups excluding carboxylic acids is 1. The van der Waals surface area contributed by atoms with Gasteiger partial charge < -0.3 is 4.74 Å². The first-order valence-electron chi connectivity index (χ1n) is 8.44. The molecule has 1 amide bonds. The van der Waals surface area contributed by atoms with Gasteiger partial charge in [0.05, 0.1) is 0 Å². The molecule has 0 bridgehead atoms. The van der Waals surface area contributed by atoms with Crippen LogP contribution in [0.2, 0.25) is 0 Å². The Hall–Kier alpha value is -2.89. The standard InChI is InChI=1S/C18H17FN4O4S2/c1-12-4-2-3-5-15(12)16(24)21-17-22-23-18(28-17)29(25,26)20-10-11-27-14-8-6-13(19)7-9-14/h2-9,20H,10-11H2,1H3,(H,21,22,24). The molecule has 0 atom stereocenters. The van der Waals surface area contributed by atoms with Gasteiger partial charge in [-0.1, -0.05) is 29.5 Å². The summed E-state index contributed by atoms with van der Waals surface area (Å²) in [7, 11) is -3.91. The highest BCUT2D eigenvalue weighted by Gasteiger charge is 2.21. The molecule has 1 aromatic heterocycles. The summed E-state index contributed by atoms with van der Waals surface area (Å²) in [6, 6.07) is 12.4. The van der Waals surface area contributed by atoms with Crippen molar-refractivity contribution in [1.82, 2.24) is 14.9 Å². The zero-order valence-electron chi connectivity index (χ0n) is 15.3. The van der Waals surface area contributed by atoms with E-state index in [-0.39, 0.29) is 28.4 Å². The topological polar surface area (TPSA) is 110 Å². The van der Waals surface area contributed by atoms with E-state index in [0.29, 0.717) is 11.3 Å². The van der Waals surface area contributed by atoms with Crippen LogP contribution >= 0.6 is 11.3 Å². The molecule has 0 aliphatic heterocycles. The molecule has 2 N–H and O–H groups in total. The van der Waals surface area contributed by atoms with Gasteiger partial charge in [0, 0.05) is 12.1 Å². The molecule has 3 rings (SSSR count). The predicted octanol–water partition coefficient (Wildman–Crippen LogP) is 2.60. The van der Waals surface area contributed by atoms with E-state index >= 15 is 0 Å². The Bertz CT molecular complexity index is 1100. The molecule has 8 nitrogen and oxygen atoms in total. The first-order valence-corrected chi connectivity index (χ1v) is 10.7. The van der Waals surface area contributed by atoms with Gasteiger partial charge in [0.1, 0.15) is 18.2 Å². The number of halogens is 1. The zero-order chi connectivity index (χ0) is 20.9. The molecule has 3 aromatic rings. The molecular weight excluding hydrogens is 419 g/mol. The number of hydrogen-bond donors (Lipinski definition) is 2. The van der Waals surface area contributed by atoms with Crippen LogP contribution in [0.1, 0.15) is 15.9 Å². The lowest BCUT2D eigenvalue weighted by Gasteiger charge is -2.06. The van der Waals surface area contributed by atoms with Gasteiger partial charge in [-0.2, -0.15) is 0 Å². The average molecular weight is 436 g/mol. The van der Waals surface area contributed by atoms with Gasteiger partial charge in [-0.3, -0.25) is 10.1 Å². The SMILES string of the molecule is Cc1ccccc1C(=O)Nc1nnc(S(=O)(=O)NCCOc2ccc(F)cc2)s1. The van der Waals surface area contributed by atoms with Gasteiger partial charge in [-0.05, 0) is 42.8 Å². The number of aromatic nitrogens is 2. The second-order valence-electron chi connectivity index (χ2n) is 5.84. The van der Waals surface area contributed by atoms with E-state index in [0.717, 1.165) is 16.9 Å². The number of aryl methyl sites for hydroxylation is 1. The van der Waals surface area contributed by atoms with Crippen LogP contribution in [-0.2, 0) is 10.0 Å². The third-order valence-electron chi connectivity index (χ3n) is 3.72. The molecule has 0 aliphatic carbocycles. The van der Waals surface area contributed by atoms with Crippen LogP contribution in [0.15, 0.2) is 52.9 Å². The van der Waals surface area contributed by atoms with Gasteiger partial charge in [0.15, 0.2) is 0 Å². The van der Waals surface area contributed by atoms with Crippen molar-refractivity contribution in [2.45, 2.75) is 11.3 Å². The minimum absolute atomic E-state index is 0.0236. The fourth-order valence-electron chi connectivity index (χ4n) is 2.30. The fourth-order valence-corrected chi connectivity index (χ4v) is 4.25. The molecule has 0 aliphatic rings. The highest BCUT2D eigenvalue weighted by atomic mass is 32.2. The van der Waals surface area contributed by atoms with E-state index in [9.17, 15) is 17.6 Å². The van der Waals surface area contributed by atoms with Crippen LogP contribution in [0.25, 0.3) is 0 Å². The van der Waals surface area contributed by atoms with E-state index in [1.54, 1.807) is 25.1 Å². The third kappa shape index (κ3) is 5.56. The van der Waals surface area contributed by atoms with Crippen molar-refractivity contribution in [2.75, 3.05) is 18.5 Å². The lowest BCUT2D eigenvalue weighted by atomic mass is 10.1. The number of ether oxygens (including phenoxy) is 1. The minimum Gasteiger partial charge on any atom is -0.492 e. The van der Waals surface area contributed by atoms with Gasteiger partial charge in [-0.15, -0.1) is 10.2 Å². The van der Waals surface area contributed by atoms with Crippen molar-refractivity contribution in [3.63, 3.8) is 0 Å². The molecule has 0 radical (unpaired) electrons. The molecule has 29 heavy (non-hydrogen) atoms. The number of nitrogens with one attached hydrogen (secondary N) is 2. The van der Waals surface area contributed by atoms with Gasteiger partial charge in [0.25, 0.3) is 15.9 Å². The van der Waals surface area contributed by atoms with Crippen molar-refractivity contribution < 1.29 is 22.3 Å². The number of rotatable bonds is 8. The Morgan fingerprint density at radius 2 is 1.86 bits per heavy atom. The quantitative estimate of drug-likeness (QED) is 0.415. The molecule has 0 saturated carbocycles. The van der Waals surface area contributed by atoms with Gasteiger partial charge >= 0.3 is 0 Å². The monoisotopic (exact) mass is 436 g/mol. The summed E-state index contributed by atoms with van der Waals surface area (Å²) in [6.45, 7) is 1.81. The van der Waals surface area contributed by atoms with Crippen molar-refractivity contribution in [1.29, 1.82) is 0 Å². The van der Waals surface area contributed by atoms with E-state index in [2.05, 4.69) is 20.2 Å². The van der Waals surface area contributed by atoms with Gasteiger partial charge in [-0.25, -0.2) is 17.5 Å². The average Bonchev–Trinajstić information content (AvgIpc) is 3.16. The van der Waals surface area contributed by atoms with Crippen LogP contribution in [0.4, 0.5) is 9.52 Å². The first-order chi connectivity index (χ1) is 13.8. The maximum Gasteiger partial charge on any atom is 0.269 e. The maximum atomic E-state index is 12.8. The van der Waals surface area contributed by atoms with Crippen molar-refractivity contribution in [2.24, 2.45) is 0 Å². The predicted molar refractivity (Wildman–Crippen MR) is 106 cm³/mol. The van der Waals surface area contributed by atoms with Crippen LogP contribution in [0.5, 0.6) is 5.75 Å². The molecule has 2 aromatic carbocycles. The Balaban J connectivity index is 1.55. The fraction of sp³-hybridized carbons (Fsp3) is 0.167. The van der Waals surface area contributed by atoms with E-state index < -0.39 is 15.9 Å². The normalized spacial score (nSPS) is 11.2. The summed E-state index contributed by atoms with van der Waals surface area (Å²) in [5.74, 6) is -0.369. The number of benzene rings is 2. The smallest absolute Gasteiger partial charge is 0.269 e. The van der Waals surface area contributed by atoms with Gasteiger partial charge in [0.2, 0.25) is 9.47 Å². The van der Waals surface area contributed by atoms with Crippen molar-refractivity contribution in [3.05, 3.63) is 65.5 Å². The van der Waals surface area contributed by atoms with E-state index in [4.69, 9.17) is 4.74 Å².